The summed E-state index contributed by atoms with van der Waals surface area (Å²) in [5, 5.41) is 56.7. The summed E-state index contributed by atoms with van der Waals surface area (Å²) in [5.41, 5.74) is -1.48. The van der Waals surface area contributed by atoms with Crippen LogP contribution in [-0.2, 0) is 9.47 Å². The first-order valence-corrected chi connectivity index (χ1v) is 6.19. The van der Waals surface area contributed by atoms with Gasteiger partial charge in [-0.05, 0) is 6.08 Å². The lowest BCUT2D eigenvalue weighted by Gasteiger charge is -2.41. The maximum absolute atomic E-state index is 9.82. The van der Waals surface area contributed by atoms with Crippen LogP contribution in [0.5, 0.6) is 0 Å². The smallest absolute Gasteiger partial charge is 0.189 e. The third kappa shape index (κ3) is 2.70. The molecule has 1 fully saturated rings. The van der Waals surface area contributed by atoms with E-state index in [4.69, 9.17) is 19.8 Å². The highest BCUT2D eigenvalue weighted by Crippen LogP contribution is 2.32. The lowest BCUT2D eigenvalue weighted by Crippen LogP contribution is -2.60. The zero-order valence-electron chi connectivity index (χ0n) is 10.5. The van der Waals surface area contributed by atoms with Gasteiger partial charge in [0.25, 0.3) is 0 Å². The van der Waals surface area contributed by atoms with Gasteiger partial charge in [0, 0.05) is 6.42 Å². The highest BCUT2D eigenvalue weighted by atomic mass is 16.7. The first kappa shape index (κ1) is 15.3. The molecule has 2 rings (SSSR count). The van der Waals surface area contributed by atoms with Crippen LogP contribution in [0.2, 0.25) is 0 Å². The molecule has 0 amide bonds. The van der Waals surface area contributed by atoms with Gasteiger partial charge in [0.2, 0.25) is 0 Å². The minimum absolute atomic E-state index is 0.0292. The molecule has 2 aliphatic rings. The number of aliphatic hydroxyl groups is 5. The van der Waals surface area contributed by atoms with Gasteiger partial charge in [0.15, 0.2) is 11.9 Å². The van der Waals surface area contributed by atoms with Crippen molar-refractivity contribution < 1.29 is 35.0 Å². The average molecular weight is 287 g/mol. The molecule has 1 aliphatic heterocycles. The fourth-order valence-corrected chi connectivity index (χ4v) is 2.28. The van der Waals surface area contributed by atoms with E-state index in [-0.39, 0.29) is 6.42 Å². The summed E-state index contributed by atoms with van der Waals surface area (Å²) < 4.78 is 10.5. The Morgan fingerprint density at radius 1 is 1.25 bits per heavy atom. The van der Waals surface area contributed by atoms with Gasteiger partial charge < -0.3 is 35.0 Å². The van der Waals surface area contributed by atoms with Crippen molar-refractivity contribution in [1.82, 2.24) is 0 Å². The van der Waals surface area contributed by atoms with E-state index >= 15 is 0 Å². The number of aliphatic hydroxyl groups excluding tert-OH is 5. The summed E-state index contributed by atoms with van der Waals surface area (Å²) >= 11 is 0. The third-order valence-corrected chi connectivity index (χ3v) is 3.46. The van der Waals surface area contributed by atoms with Crippen LogP contribution in [0, 0.1) is 11.3 Å². The van der Waals surface area contributed by atoms with Gasteiger partial charge in [0.1, 0.15) is 30.5 Å². The van der Waals surface area contributed by atoms with Crippen molar-refractivity contribution in [3.8, 4) is 6.07 Å². The molecular formula is C12H17NO7. The fourth-order valence-electron chi connectivity index (χ4n) is 2.28. The van der Waals surface area contributed by atoms with Crippen LogP contribution in [0.4, 0.5) is 0 Å². The maximum Gasteiger partial charge on any atom is 0.189 e. The van der Waals surface area contributed by atoms with Gasteiger partial charge in [-0.2, -0.15) is 5.26 Å². The molecule has 1 saturated heterocycles. The summed E-state index contributed by atoms with van der Waals surface area (Å²) in [6.45, 7) is -0.581. The Bertz CT molecular complexity index is 421. The molecule has 0 aromatic rings. The average Bonchev–Trinajstić information content (AvgIpc) is 2.81. The maximum atomic E-state index is 9.82. The second-order valence-electron chi connectivity index (χ2n) is 4.95. The second-order valence-corrected chi connectivity index (χ2v) is 4.95. The largest absolute Gasteiger partial charge is 0.394 e. The summed E-state index contributed by atoms with van der Waals surface area (Å²) in [4.78, 5) is 0. The van der Waals surface area contributed by atoms with Crippen molar-refractivity contribution >= 4 is 0 Å². The molecule has 8 heteroatoms. The molecule has 5 N–H and O–H groups in total. The fraction of sp³-hybridized carbons (Fsp3) is 0.750. The van der Waals surface area contributed by atoms with E-state index in [1.165, 1.54) is 12.2 Å². The van der Waals surface area contributed by atoms with Crippen molar-refractivity contribution in [2.75, 3.05) is 6.61 Å². The Labute approximate surface area is 115 Å². The Morgan fingerprint density at radius 3 is 2.45 bits per heavy atom. The van der Waals surface area contributed by atoms with Gasteiger partial charge in [-0.3, -0.25) is 0 Å². The molecule has 0 aromatic carbocycles. The summed E-state index contributed by atoms with van der Waals surface area (Å²) in [6, 6.07) is 1.87. The molecule has 7 atom stereocenters. The Kier molecular flexibility index (Phi) is 4.41. The number of nitrogens with zero attached hydrogens (tertiary/aromatic N) is 1. The number of nitriles is 1. The molecule has 1 heterocycles. The number of ether oxygens (including phenoxy) is 2. The van der Waals surface area contributed by atoms with Crippen molar-refractivity contribution in [2.45, 2.75) is 48.8 Å². The highest BCUT2D eigenvalue weighted by molar-refractivity contribution is 5.24. The summed E-state index contributed by atoms with van der Waals surface area (Å²) in [6.07, 6.45) is -5.30. The lowest BCUT2D eigenvalue weighted by molar-refractivity contribution is -0.315. The van der Waals surface area contributed by atoms with Crippen molar-refractivity contribution in [3.05, 3.63) is 12.2 Å². The van der Waals surface area contributed by atoms with E-state index in [0.29, 0.717) is 0 Å². The molecule has 0 spiro atoms. The van der Waals surface area contributed by atoms with E-state index < -0.39 is 49.0 Å². The molecule has 0 radical (unpaired) electrons. The van der Waals surface area contributed by atoms with Crippen LogP contribution >= 0.6 is 0 Å². The van der Waals surface area contributed by atoms with E-state index in [2.05, 4.69) is 0 Å². The van der Waals surface area contributed by atoms with Gasteiger partial charge in [-0.25, -0.2) is 0 Å². The van der Waals surface area contributed by atoms with Gasteiger partial charge >= 0.3 is 0 Å². The predicted octanol–water partition coefficient (Wildman–Crippen LogP) is -2.61. The van der Waals surface area contributed by atoms with Gasteiger partial charge in [-0.1, -0.05) is 6.08 Å². The minimum Gasteiger partial charge on any atom is -0.394 e. The van der Waals surface area contributed by atoms with Gasteiger partial charge in [-0.15, -0.1) is 0 Å². The van der Waals surface area contributed by atoms with Crippen molar-refractivity contribution in [1.29, 1.82) is 5.26 Å². The Balaban J connectivity index is 2.12. The van der Waals surface area contributed by atoms with E-state index in [1.54, 1.807) is 0 Å². The second kappa shape index (κ2) is 5.75. The van der Waals surface area contributed by atoms with E-state index in [9.17, 15) is 20.4 Å². The van der Waals surface area contributed by atoms with E-state index in [0.717, 1.165) is 0 Å². The van der Waals surface area contributed by atoms with E-state index in [1.807, 2.05) is 6.07 Å². The lowest BCUT2D eigenvalue weighted by atomic mass is 9.98. The minimum atomic E-state index is -1.58. The van der Waals surface area contributed by atoms with Crippen LogP contribution in [0.3, 0.4) is 0 Å². The molecular weight excluding hydrogens is 270 g/mol. The van der Waals surface area contributed by atoms with Crippen LogP contribution in [0.15, 0.2) is 12.2 Å². The quantitative estimate of drug-likeness (QED) is 0.355. The number of hydrogen-bond acceptors (Lipinski definition) is 8. The van der Waals surface area contributed by atoms with Crippen LogP contribution < -0.4 is 0 Å². The molecule has 20 heavy (non-hydrogen) atoms. The normalized spacial score (nSPS) is 48.2. The topological polar surface area (TPSA) is 143 Å². The molecule has 8 nitrogen and oxygen atoms in total. The molecule has 112 valence electrons. The van der Waals surface area contributed by atoms with Crippen LogP contribution in [-0.4, -0.2) is 74.6 Å². The van der Waals surface area contributed by atoms with Crippen LogP contribution in [0.25, 0.3) is 0 Å². The first-order valence-electron chi connectivity index (χ1n) is 6.19. The number of hydrogen-bond donors (Lipinski definition) is 5. The zero-order chi connectivity index (χ0) is 14.9. The SMILES string of the molecule is N#C[C@@]1(O[C@H]2O[C@@H](CO)[C@@H](O)[C@@H](O)[C@@H]2O)C=C[C@H](O)C1. The Morgan fingerprint density at radius 2 is 1.95 bits per heavy atom. The number of rotatable bonds is 3. The third-order valence-electron chi connectivity index (χ3n) is 3.46. The standard InChI is InChI=1S/C12H17NO7/c13-5-12(2-1-6(15)3-12)20-11-10(18)9(17)8(16)7(4-14)19-11/h1-2,6-11,14-18H,3-4H2/t6-,7-,8+,9+,10-,11+,12+/m0/s1. The Hall–Kier alpha value is -1.05. The first-order chi connectivity index (χ1) is 9.42. The summed E-state index contributed by atoms with van der Waals surface area (Å²) in [7, 11) is 0. The molecule has 0 unspecified atom stereocenters. The monoisotopic (exact) mass is 287 g/mol. The molecule has 0 saturated carbocycles. The highest BCUT2D eigenvalue weighted by Gasteiger charge is 2.48. The van der Waals surface area contributed by atoms with Gasteiger partial charge in [0.05, 0.1) is 12.7 Å². The molecule has 0 bridgehead atoms. The molecule has 0 aromatic heterocycles. The molecule has 1 aliphatic carbocycles. The van der Waals surface area contributed by atoms with Crippen molar-refractivity contribution in [3.63, 3.8) is 0 Å². The predicted molar refractivity (Wildman–Crippen MR) is 63.0 cm³/mol. The summed E-state index contributed by atoms with van der Waals surface area (Å²) in [5.74, 6) is 0. The van der Waals surface area contributed by atoms with Crippen molar-refractivity contribution in [2.24, 2.45) is 0 Å². The zero-order valence-corrected chi connectivity index (χ0v) is 10.5. The van der Waals surface area contributed by atoms with Crippen LogP contribution in [0.1, 0.15) is 6.42 Å².